The molecule has 0 aliphatic carbocycles. The number of carbonyl (C=O) groups excluding carboxylic acids is 1. The maximum Gasteiger partial charge on any atom is 0.271 e. The van der Waals surface area contributed by atoms with Gasteiger partial charge in [0.25, 0.3) is 5.91 Å². The van der Waals surface area contributed by atoms with Crippen LogP contribution in [0.2, 0.25) is 5.02 Å². The average Bonchev–Trinajstić information content (AvgIpc) is 2.83. The lowest BCUT2D eigenvalue weighted by atomic mass is 10.2. The number of carbonyl (C=O) groups is 1. The second-order valence-electron chi connectivity index (χ2n) is 6.85. The Kier molecular flexibility index (Phi) is 8.91. The monoisotopic (exact) mass is 464 g/mol. The molecule has 170 valence electrons. The van der Waals surface area contributed by atoms with Gasteiger partial charge in [-0.3, -0.25) is 4.79 Å². The molecule has 0 spiro atoms. The standard InChI is InChI=1S/C26H25ClN2O4/c1-3-15-32-24-14-11-20(16-25(24)31-4-2)26(30)29-28-17-21-7-5-6-8-23(21)33-18-19-9-12-22(27)13-10-19/h3,5-14,16-17H,1,4,15,18H2,2H3,(H,29,30)/b28-17+. The molecular formula is C26H25ClN2O4. The Bertz CT molecular complexity index is 1110. The van der Waals surface area contributed by atoms with Crippen LogP contribution in [0, 0.1) is 0 Å². The Balaban J connectivity index is 1.65. The number of nitrogens with one attached hydrogen (secondary N) is 1. The van der Waals surface area contributed by atoms with E-state index in [2.05, 4.69) is 17.1 Å². The highest BCUT2D eigenvalue weighted by Crippen LogP contribution is 2.28. The van der Waals surface area contributed by atoms with Crippen LogP contribution in [0.5, 0.6) is 17.2 Å². The molecule has 0 bridgehead atoms. The Morgan fingerprint density at radius 1 is 1.00 bits per heavy atom. The van der Waals surface area contributed by atoms with Gasteiger partial charge < -0.3 is 14.2 Å². The van der Waals surface area contributed by atoms with Crippen LogP contribution >= 0.6 is 11.6 Å². The van der Waals surface area contributed by atoms with E-state index in [1.807, 2.05) is 55.5 Å². The predicted octanol–water partition coefficient (Wildman–Crippen LogP) is 5.65. The first kappa shape index (κ1) is 23.9. The number of rotatable bonds is 11. The Labute approximate surface area is 198 Å². The zero-order chi connectivity index (χ0) is 23.5. The minimum Gasteiger partial charge on any atom is -0.490 e. The lowest BCUT2D eigenvalue weighted by molar-refractivity contribution is 0.0954. The highest BCUT2D eigenvalue weighted by molar-refractivity contribution is 6.30. The number of ether oxygens (including phenoxy) is 3. The number of hydrogen-bond donors (Lipinski definition) is 1. The van der Waals surface area contributed by atoms with Gasteiger partial charge >= 0.3 is 0 Å². The fraction of sp³-hybridized carbons (Fsp3) is 0.154. The van der Waals surface area contributed by atoms with E-state index in [4.69, 9.17) is 25.8 Å². The van der Waals surface area contributed by atoms with Gasteiger partial charge in [0.2, 0.25) is 0 Å². The molecule has 3 aromatic rings. The summed E-state index contributed by atoms with van der Waals surface area (Å²) in [6.45, 7) is 6.67. The zero-order valence-corrected chi connectivity index (χ0v) is 19.0. The number of halogens is 1. The van der Waals surface area contributed by atoms with Crippen LogP contribution in [0.1, 0.15) is 28.4 Å². The third kappa shape index (κ3) is 7.12. The maximum atomic E-state index is 12.6. The average molecular weight is 465 g/mol. The van der Waals surface area contributed by atoms with Crippen LogP contribution in [-0.4, -0.2) is 25.3 Å². The molecular weight excluding hydrogens is 440 g/mol. The van der Waals surface area contributed by atoms with E-state index in [0.717, 1.165) is 11.1 Å². The number of para-hydroxylation sites is 1. The SMILES string of the molecule is C=CCOc1ccc(C(=O)N/N=C/c2ccccc2OCc2ccc(Cl)cc2)cc1OCC. The molecule has 0 saturated heterocycles. The Hall–Kier alpha value is -3.77. The van der Waals surface area contributed by atoms with E-state index in [1.54, 1.807) is 30.5 Å². The van der Waals surface area contributed by atoms with Crippen molar-refractivity contribution < 1.29 is 19.0 Å². The minimum absolute atomic E-state index is 0.343. The van der Waals surface area contributed by atoms with Gasteiger partial charge in [-0.25, -0.2) is 5.43 Å². The normalized spacial score (nSPS) is 10.6. The van der Waals surface area contributed by atoms with Gasteiger partial charge in [0.05, 0.1) is 12.8 Å². The topological polar surface area (TPSA) is 69.2 Å². The molecule has 0 saturated carbocycles. The van der Waals surface area contributed by atoms with Crippen molar-refractivity contribution >= 4 is 23.7 Å². The first-order valence-corrected chi connectivity index (χ1v) is 10.8. The second kappa shape index (κ2) is 12.3. The second-order valence-corrected chi connectivity index (χ2v) is 7.28. The molecule has 1 N–H and O–H groups in total. The molecule has 1 amide bonds. The molecule has 6 nitrogen and oxygen atoms in total. The molecule has 0 unspecified atom stereocenters. The van der Waals surface area contributed by atoms with E-state index in [0.29, 0.717) is 47.7 Å². The summed E-state index contributed by atoms with van der Waals surface area (Å²) in [5.41, 5.74) is 4.65. The van der Waals surface area contributed by atoms with Crippen molar-refractivity contribution in [2.75, 3.05) is 13.2 Å². The quantitative estimate of drug-likeness (QED) is 0.226. The molecule has 0 radical (unpaired) electrons. The molecule has 0 aliphatic heterocycles. The number of benzene rings is 3. The summed E-state index contributed by atoms with van der Waals surface area (Å²) in [5, 5.41) is 4.76. The molecule has 3 aromatic carbocycles. The summed E-state index contributed by atoms with van der Waals surface area (Å²) in [4.78, 5) is 12.6. The molecule has 3 rings (SSSR count). The van der Waals surface area contributed by atoms with Crippen molar-refractivity contribution in [1.29, 1.82) is 0 Å². The Morgan fingerprint density at radius 2 is 1.79 bits per heavy atom. The third-order valence-electron chi connectivity index (χ3n) is 4.46. The van der Waals surface area contributed by atoms with Gasteiger partial charge in [0, 0.05) is 16.1 Å². The fourth-order valence-corrected chi connectivity index (χ4v) is 3.00. The Morgan fingerprint density at radius 3 is 2.55 bits per heavy atom. The van der Waals surface area contributed by atoms with Crippen LogP contribution in [-0.2, 0) is 6.61 Å². The van der Waals surface area contributed by atoms with Crippen LogP contribution in [0.4, 0.5) is 0 Å². The lowest BCUT2D eigenvalue weighted by Gasteiger charge is -2.12. The predicted molar refractivity (Wildman–Crippen MR) is 131 cm³/mol. The fourth-order valence-electron chi connectivity index (χ4n) is 2.87. The van der Waals surface area contributed by atoms with Gasteiger partial charge in [0.1, 0.15) is 19.0 Å². The maximum absolute atomic E-state index is 12.6. The number of nitrogens with zero attached hydrogens (tertiary/aromatic N) is 1. The molecule has 0 atom stereocenters. The summed E-state index contributed by atoms with van der Waals surface area (Å²) in [6.07, 6.45) is 3.18. The van der Waals surface area contributed by atoms with Crippen molar-refractivity contribution in [3.63, 3.8) is 0 Å². The van der Waals surface area contributed by atoms with Gasteiger partial charge in [-0.05, 0) is 55.0 Å². The summed E-state index contributed by atoms with van der Waals surface area (Å²) in [6, 6.07) is 19.8. The smallest absolute Gasteiger partial charge is 0.271 e. The van der Waals surface area contributed by atoms with Gasteiger partial charge in [-0.1, -0.05) is 48.5 Å². The minimum atomic E-state index is -0.373. The third-order valence-corrected chi connectivity index (χ3v) is 4.71. The summed E-state index contributed by atoms with van der Waals surface area (Å²) in [7, 11) is 0. The first-order chi connectivity index (χ1) is 16.1. The van der Waals surface area contributed by atoms with Crippen LogP contribution in [0.3, 0.4) is 0 Å². The lowest BCUT2D eigenvalue weighted by Crippen LogP contribution is -2.18. The molecule has 33 heavy (non-hydrogen) atoms. The molecule has 0 aliphatic rings. The summed E-state index contributed by atoms with van der Waals surface area (Å²) < 4.78 is 17.1. The van der Waals surface area contributed by atoms with E-state index in [-0.39, 0.29) is 5.91 Å². The zero-order valence-electron chi connectivity index (χ0n) is 18.3. The number of hydrazone groups is 1. The molecule has 0 fully saturated rings. The highest BCUT2D eigenvalue weighted by atomic mass is 35.5. The van der Waals surface area contributed by atoms with Crippen LogP contribution in [0.15, 0.2) is 84.5 Å². The highest BCUT2D eigenvalue weighted by Gasteiger charge is 2.11. The van der Waals surface area contributed by atoms with Crippen molar-refractivity contribution in [3.05, 3.63) is 101 Å². The van der Waals surface area contributed by atoms with E-state index in [1.165, 1.54) is 0 Å². The molecule has 0 heterocycles. The van der Waals surface area contributed by atoms with Crippen molar-refractivity contribution in [2.24, 2.45) is 5.10 Å². The summed E-state index contributed by atoms with van der Waals surface area (Å²) in [5.74, 6) is 1.30. The van der Waals surface area contributed by atoms with Crippen molar-refractivity contribution in [2.45, 2.75) is 13.5 Å². The van der Waals surface area contributed by atoms with Crippen molar-refractivity contribution in [3.8, 4) is 17.2 Å². The number of amides is 1. The van der Waals surface area contributed by atoms with Crippen LogP contribution < -0.4 is 19.6 Å². The largest absolute Gasteiger partial charge is 0.490 e. The number of hydrogen-bond acceptors (Lipinski definition) is 5. The van der Waals surface area contributed by atoms with Crippen molar-refractivity contribution in [1.82, 2.24) is 5.43 Å². The van der Waals surface area contributed by atoms with Gasteiger partial charge in [-0.2, -0.15) is 5.10 Å². The van der Waals surface area contributed by atoms with Crippen LogP contribution in [0.25, 0.3) is 0 Å². The van der Waals surface area contributed by atoms with Gasteiger partial charge in [0.15, 0.2) is 11.5 Å². The first-order valence-electron chi connectivity index (χ1n) is 10.4. The molecule has 7 heteroatoms. The summed E-state index contributed by atoms with van der Waals surface area (Å²) >= 11 is 5.92. The molecule has 0 aromatic heterocycles. The van der Waals surface area contributed by atoms with Gasteiger partial charge in [-0.15, -0.1) is 0 Å². The van der Waals surface area contributed by atoms with E-state index >= 15 is 0 Å². The van der Waals surface area contributed by atoms with E-state index < -0.39 is 0 Å². The van der Waals surface area contributed by atoms with E-state index in [9.17, 15) is 4.79 Å².